The Labute approximate surface area is 115 Å². The molecule has 0 radical (unpaired) electrons. The Morgan fingerprint density at radius 3 is 2.79 bits per heavy atom. The van der Waals surface area contributed by atoms with Crippen molar-refractivity contribution in [1.82, 2.24) is 4.90 Å². The second kappa shape index (κ2) is 5.64. The van der Waals surface area contributed by atoms with Crippen molar-refractivity contribution in [2.45, 2.75) is 45.6 Å². The maximum absolute atomic E-state index is 12.0. The molecule has 0 aliphatic carbocycles. The number of ether oxygens (including phenoxy) is 1. The monoisotopic (exact) mass is 261 g/mol. The van der Waals surface area contributed by atoms with Crippen molar-refractivity contribution >= 4 is 5.91 Å². The highest BCUT2D eigenvalue weighted by molar-refractivity contribution is 5.94. The van der Waals surface area contributed by atoms with E-state index in [2.05, 4.69) is 6.92 Å². The first-order chi connectivity index (χ1) is 9.02. The molecular formula is C16H23NO2. The van der Waals surface area contributed by atoms with E-state index in [1.54, 1.807) is 19.0 Å². The number of rotatable bonds is 4. The Balaban J connectivity index is 2.21. The van der Waals surface area contributed by atoms with Crippen LogP contribution in [-0.4, -0.2) is 31.0 Å². The van der Waals surface area contributed by atoms with E-state index in [4.69, 9.17) is 4.74 Å². The molecule has 104 valence electrons. The summed E-state index contributed by atoms with van der Waals surface area (Å²) in [5.41, 5.74) is 3.02. The molecule has 0 aromatic heterocycles. The molecule has 0 spiro atoms. The largest absolute Gasteiger partial charge is 0.490 e. The quantitative estimate of drug-likeness (QED) is 0.833. The number of fused-ring (bicyclic) bond motifs is 1. The first-order valence-electron chi connectivity index (χ1n) is 7.04. The number of benzene rings is 1. The van der Waals surface area contributed by atoms with Gasteiger partial charge in [0.2, 0.25) is 0 Å². The normalized spacial score (nSPS) is 16.9. The summed E-state index contributed by atoms with van der Waals surface area (Å²) in [7, 11) is 3.57. The van der Waals surface area contributed by atoms with Gasteiger partial charge in [0, 0.05) is 26.1 Å². The van der Waals surface area contributed by atoms with Crippen LogP contribution in [0.1, 0.15) is 47.7 Å². The second-order valence-corrected chi connectivity index (χ2v) is 5.57. The van der Waals surface area contributed by atoms with E-state index in [1.807, 2.05) is 19.1 Å². The molecule has 0 bridgehead atoms. The van der Waals surface area contributed by atoms with Crippen LogP contribution in [0.3, 0.4) is 0 Å². The van der Waals surface area contributed by atoms with Gasteiger partial charge >= 0.3 is 0 Å². The van der Waals surface area contributed by atoms with Crippen molar-refractivity contribution in [3.8, 4) is 5.75 Å². The van der Waals surface area contributed by atoms with E-state index in [0.717, 1.165) is 29.7 Å². The number of amides is 1. The lowest BCUT2D eigenvalue weighted by molar-refractivity contribution is 0.0827. The average molecular weight is 261 g/mol. The van der Waals surface area contributed by atoms with Gasteiger partial charge in [-0.3, -0.25) is 4.79 Å². The Morgan fingerprint density at radius 1 is 1.42 bits per heavy atom. The predicted octanol–water partition coefficient (Wildman–Crippen LogP) is 3.19. The van der Waals surface area contributed by atoms with Gasteiger partial charge in [-0.2, -0.15) is 0 Å². The number of hydrogen-bond acceptors (Lipinski definition) is 2. The van der Waals surface area contributed by atoms with Gasteiger partial charge in [0.1, 0.15) is 11.9 Å². The molecule has 1 amide bonds. The lowest BCUT2D eigenvalue weighted by Gasteiger charge is -2.13. The zero-order valence-corrected chi connectivity index (χ0v) is 12.3. The minimum absolute atomic E-state index is 0.0582. The molecule has 0 saturated heterocycles. The Bertz CT molecular complexity index is 480. The fourth-order valence-corrected chi connectivity index (χ4v) is 2.60. The molecule has 1 atom stereocenters. The Kier molecular flexibility index (Phi) is 4.13. The molecule has 1 unspecified atom stereocenters. The topological polar surface area (TPSA) is 29.5 Å². The molecule has 1 heterocycles. The standard InChI is InChI=1S/C16H23NO2/c1-5-6-7-14-10-12-9-13(16(18)17(3)4)8-11(2)15(12)19-14/h8-9,14H,5-7,10H2,1-4H3. The second-order valence-electron chi connectivity index (χ2n) is 5.57. The maximum atomic E-state index is 12.0. The average Bonchev–Trinajstić information content (AvgIpc) is 2.78. The third kappa shape index (κ3) is 2.91. The highest BCUT2D eigenvalue weighted by Gasteiger charge is 2.25. The highest BCUT2D eigenvalue weighted by atomic mass is 16.5. The summed E-state index contributed by atoms with van der Waals surface area (Å²) >= 11 is 0. The zero-order valence-electron chi connectivity index (χ0n) is 12.3. The van der Waals surface area contributed by atoms with Crippen LogP contribution < -0.4 is 4.74 Å². The summed E-state index contributed by atoms with van der Waals surface area (Å²) in [5.74, 6) is 1.05. The van der Waals surface area contributed by atoms with Gasteiger partial charge < -0.3 is 9.64 Å². The molecule has 0 N–H and O–H groups in total. The van der Waals surface area contributed by atoms with Crippen molar-refractivity contribution in [3.63, 3.8) is 0 Å². The molecule has 3 nitrogen and oxygen atoms in total. The molecule has 3 heteroatoms. The van der Waals surface area contributed by atoms with E-state index >= 15 is 0 Å². The van der Waals surface area contributed by atoms with E-state index in [0.29, 0.717) is 6.10 Å². The van der Waals surface area contributed by atoms with Crippen LogP contribution in [0.2, 0.25) is 0 Å². The molecule has 1 aliphatic rings. The van der Waals surface area contributed by atoms with Crippen molar-refractivity contribution in [2.75, 3.05) is 14.1 Å². The zero-order chi connectivity index (χ0) is 14.0. The molecule has 1 aromatic rings. The summed E-state index contributed by atoms with van der Waals surface area (Å²) in [5, 5.41) is 0. The minimum atomic E-state index is 0.0582. The van der Waals surface area contributed by atoms with Gasteiger partial charge in [-0.05, 0) is 36.6 Å². The van der Waals surface area contributed by atoms with E-state index in [-0.39, 0.29) is 5.91 Å². The predicted molar refractivity (Wildman–Crippen MR) is 76.8 cm³/mol. The Hall–Kier alpha value is -1.51. The molecule has 2 rings (SSSR count). The molecule has 1 aliphatic heterocycles. The lowest BCUT2D eigenvalue weighted by atomic mass is 10.0. The van der Waals surface area contributed by atoms with Crippen LogP contribution in [0.4, 0.5) is 0 Å². The first-order valence-corrected chi connectivity index (χ1v) is 7.04. The van der Waals surface area contributed by atoms with Crippen LogP contribution in [0, 0.1) is 6.92 Å². The van der Waals surface area contributed by atoms with Gasteiger partial charge in [0.15, 0.2) is 0 Å². The molecule has 0 fully saturated rings. The van der Waals surface area contributed by atoms with Gasteiger partial charge in [0.25, 0.3) is 5.91 Å². The third-order valence-electron chi connectivity index (χ3n) is 3.62. The molecule has 19 heavy (non-hydrogen) atoms. The van der Waals surface area contributed by atoms with Crippen LogP contribution in [0.15, 0.2) is 12.1 Å². The molecule has 1 aromatic carbocycles. The third-order valence-corrected chi connectivity index (χ3v) is 3.62. The van der Waals surface area contributed by atoms with Crippen molar-refractivity contribution in [1.29, 1.82) is 0 Å². The van der Waals surface area contributed by atoms with E-state index in [9.17, 15) is 4.79 Å². The summed E-state index contributed by atoms with van der Waals surface area (Å²) < 4.78 is 6.01. The molecule has 0 saturated carbocycles. The van der Waals surface area contributed by atoms with Gasteiger partial charge in [-0.25, -0.2) is 0 Å². The fraction of sp³-hybridized carbons (Fsp3) is 0.562. The molecular weight excluding hydrogens is 238 g/mol. The van der Waals surface area contributed by atoms with Crippen molar-refractivity contribution in [3.05, 3.63) is 28.8 Å². The van der Waals surface area contributed by atoms with Crippen LogP contribution >= 0.6 is 0 Å². The number of carbonyl (C=O) groups is 1. The van der Waals surface area contributed by atoms with Crippen molar-refractivity contribution < 1.29 is 9.53 Å². The maximum Gasteiger partial charge on any atom is 0.253 e. The van der Waals surface area contributed by atoms with Gasteiger partial charge in [-0.15, -0.1) is 0 Å². The smallest absolute Gasteiger partial charge is 0.253 e. The van der Waals surface area contributed by atoms with E-state index < -0.39 is 0 Å². The lowest BCUT2D eigenvalue weighted by Crippen LogP contribution is -2.21. The number of aryl methyl sites for hydroxylation is 1. The van der Waals surface area contributed by atoms with Gasteiger partial charge in [-0.1, -0.05) is 19.8 Å². The Morgan fingerprint density at radius 2 is 2.16 bits per heavy atom. The van der Waals surface area contributed by atoms with Crippen LogP contribution in [0.25, 0.3) is 0 Å². The number of carbonyl (C=O) groups excluding carboxylic acids is 1. The van der Waals surface area contributed by atoms with Gasteiger partial charge in [0.05, 0.1) is 0 Å². The highest BCUT2D eigenvalue weighted by Crippen LogP contribution is 2.35. The summed E-state index contributed by atoms with van der Waals surface area (Å²) in [6.07, 6.45) is 4.71. The summed E-state index contributed by atoms with van der Waals surface area (Å²) in [4.78, 5) is 13.7. The minimum Gasteiger partial charge on any atom is -0.490 e. The summed E-state index contributed by atoms with van der Waals surface area (Å²) in [6.45, 7) is 4.22. The SMILES string of the molecule is CCCCC1Cc2cc(C(=O)N(C)C)cc(C)c2O1. The number of unbranched alkanes of at least 4 members (excludes halogenated alkanes) is 1. The fourth-order valence-electron chi connectivity index (χ4n) is 2.60. The van der Waals surface area contributed by atoms with E-state index in [1.165, 1.54) is 18.4 Å². The number of nitrogens with zero attached hydrogens (tertiary/aromatic N) is 1. The first kappa shape index (κ1) is 13.9. The van der Waals surface area contributed by atoms with Crippen LogP contribution in [0.5, 0.6) is 5.75 Å². The van der Waals surface area contributed by atoms with Crippen molar-refractivity contribution in [2.24, 2.45) is 0 Å². The summed E-state index contributed by atoms with van der Waals surface area (Å²) in [6, 6.07) is 3.93. The number of hydrogen-bond donors (Lipinski definition) is 0. The van der Waals surface area contributed by atoms with Crippen LogP contribution in [-0.2, 0) is 6.42 Å².